The van der Waals surface area contributed by atoms with Crippen molar-refractivity contribution in [3.05, 3.63) is 239 Å². The molecule has 0 unspecified atom stereocenters. The summed E-state index contributed by atoms with van der Waals surface area (Å²) in [5.74, 6) is 2.45. The van der Waals surface area contributed by atoms with E-state index in [4.69, 9.17) is 9.72 Å². The summed E-state index contributed by atoms with van der Waals surface area (Å²) in [6.45, 7) is 30.6. The van der Waals surface area contributed by atoms with E-state index in [0.717, 1.165) is 51.0 Å². The van der Waals surface area contributed by atoms with Crippen LogP contribution in [0.1, 0.15) is 129 Å². The molecule has 3 heterocycles. The van der Waals surface area contributed by atoms with Crippen LogP contribution in [-0.2, 0) is 27.1 Å². The number of rotatable bonds is 10. The van der Waals surface area contributed by atoms with Crippen molar-refractivity contribution in [2.75, 3.05) is 16.5 Å². The Hall–Kier alpha value is -7.89. The van der Waals surface area contributed by atoms with Gasteiger partial charge in [0.25, 0.3) is 0 Å². The first kappa shape index (κ1) is 51.2. The first-order chi connectivity index (χ1) is 36.6. The van der Waals surface area contributed by atoms with Gasteiger partial charge in [0.15, 0.2) is 0 Å². The number of benzene rings is 8. The summed E-state index contributed by atoms with van der Waals surface area (Å²) < 4.78 is 9.74. The van der Waals surface area contributed by atoms with Gasteiger partial charge in [0.2, 0.25) is 0 Å². The van der Waals surface area contributed by atoms with Crippen LogP contribution in [-0.4, -0.2) is 16.2 Å². The van der Waals surface area contributed by atoms with E-state index in [9.17, 15) is 0 Å². The molecule has 0 saturated carbocycles. The van der Waals surface area contributed by atoms with E-state index in [1.54, 1.807) is 0 Å². The average Bonchev–Trinajstić information content (AvgIpc) is 4.16. The Kier molecular flexibility index (Phi) is 12.6. The second kappa shape index (κ2) is 19.0. The van der Waals surface area contributed by atoms with Crippen LogP contribution in [0.5, 0.6) is 11.5 Å². The van der Waals surface area contributed by atoms with Crippen LogP contribution in [0.4, 0.5) is 22.7 Å². The van der Waals surface area contributed by atoms with E-state index in [1.807, 2.05) is 6.20 Å². The van der Waals surface area contributed by atoms with Crippen molar-refractivity contribution in [3.8, 4) is 28.4 Å². The fraction of sp³-hybridized carbons (Fsp3) is 0.264. The summed E-state index contributed by atoms with van der Waals surface area (Å²) >= 11 is 0. The van der Waals surface area contributed by atoms with Crippen molar-refractivity contribution in [1.29, 1.82) is 0 Å². The first-order valence-electron chi connectivity index (χ1n) is 27.5. The molecule has 8 aromatic carbocycles. The Morgan fingerprint density at radius 3 is 1.56 bits per heavy atom. The number of nitrogens with zero attached hydrogens (tertiary/aromatic N) is 4. The highest BCUT2D eigenvalue weighted by molar-refractivity contribution is 6.11. The third-order valence-corrected chi connectivity index (χ3v) is 16.3. The SMILES string of the molecule is CC(C)(C)c1ccnc(-n2c3ccccc3c3c(C(C)(C)C)cc(Oc4cc(N5CN(c6cc(-c7ccccc7)cc(C(C)(C)c7ccccc7)c6)c6cc(C(C)(C)C)ccc65)cc(C(C)(C)c5ccccc5)c4)cc32)c1. The molecule has 388 valence electrons. The lowest BCUT2D eigenvalue weighted by Crippen LogP contribution is -2.26. The lowest BCUT2D eigenvalue weighted by molar-refractivity contribution is 0.477. The highest BCUT2D eigenvalue weighted by Gasteiger charge is 2.34. The summed E-state index contributed by atoms with van der Waals surface area (Å²) in [4.78, 5) is 10.1. The second-order valence-corrected chi connectivity index (χ2v) is 25.5. The largest absolute Gasteiger partial charge is 0.457 e. The van der Waals surface area contributed by atoms with Crippen molar-refractivity contribution in [1.82, 2.24) is 9.55 Å². The van der Waals surface area contributed by atoms with Crippen LogP contribution in [0.2, 0.25) is 0 Å². The number of anilines is 4. The van der Waals surface area contributed by atoms with Gasteiger partial charge in [0.1, 0.15) is 24.0 Å². The molecular weight excluding hydrogens is 937 g/mol. The van der Waals surface area contributed by atoms with Crippen molar-refractivity contribution in [2.45, 2.75) is 117 Å². The molecule has 0 fully saturated rings. The fourth-order valence-corrected chi connectivity index (χ4v) is 11.4. The molecule has 2 aromatic heterocycles. The lowest BCUT2D eigenvalue weighted by atomic mass is 9.77. The van der Waals surface area contributed by atoms with Crippen molar-refractivity contribution < 1.29 is 4.74 Å². The Morgan fingerprint density at radius 2 is 0.935 bits per heavy atom. The first-order valence-corrected chi connectivity index (χ1v) is 27.5. The number of fused-ring (bicyclic) bond motifs is 4. The van der Waals surface area contributed by atoms with Crippen LogP contribution in [0.15, 0.2) is 200 Å². The Morgan fingerprint density at radius 1 is 0.390 bits per heavy atom. The van der Waals surface area contributed by atoms with Crippen molar-refractivity contribution in [3.63, 3.8) is 0 Å². The average molecular weight is 1010 g/mol. The summed E-state index contributed by atoms with van der Waals surface area (Å²) in [6, 6.07) is 71.5. The highest BCUT2D eigenvalue weighted by atomic mass is 16.5. The quantitative estimate of drug-likeness (QED) is 0.137. The van der Waals surface area contributed by atoms with E-state index in [-0.39, 0.29) is 27.1 Å². The van der Waals surface area contributed by atoms with Crippen molar-refractivity contribution in [2.24, 2.45) is 0 Å². The molecule has 0 atom stereocenters. The minimum absolute atomic E-state index is 0.0479. The molecule has 0 bridgehead atoms. The van der Waals surface area contributed by atoms with Gasteiger partial charge in [0, 0.05) is 51.3 Å². The maximum atomic E-state index is 7.41. The van der Waals surface area contributed by atoms with Crippen LogP contribution in [0, 0.1) is 0 Å². The number of pyridine rings is 1. The summed E-state index contributed by atoms with van der Waals surface area (Å²) in [5, 5.41) is 2.42. The maximum absolute atomic E-state index is 7.41. The third-order valence-electron chi connectivity index (χ3n) is 16.3. The van der Waals surface area contributed by atoms with Gasteiger partial charge in [0.05, 0.1) is 22.4 Å². The summed E-state index contributed by atoms with van der Waals surface area (Å²) in [7, 11) is 0. The third kappa shape index (κ3) is 9.60. The molecule has 0 amide bonds. The zero-order valence-electron chi connectivity index (χ0n) is 47.5. The molecule has 0 spiro atoms. The highest BCUT2D eigenvalue weighted by Crippen LogP contribution is 2.50. The van der Waals surface area contributed by atoms with Gasteiger partial charge in [-0.1, -0.05) is 211 Å². The van der Waals surface area contributed by atoms with E-state index < -0.39 is 0 Å². The zero-order chi connectivity index (χ0) is 54.2. The number of hydrogen-bond donors (Lipinski definition) is 0. The predicted octanol–water partition coefficient (Wildman–Crippen LogP) is 19.4. The number of para-hydroxylation sites is 1. The van der Waals surface area contributed by atoms with Gasteiger partial charge >= 0.3 is 0 Å². The van der Waals surface area contributed by atoms with Crippen LogP contribution < -0.4 is 14.5 Å². The van der Waals surface area contributed by atoms with Gasteiger partial charge in [-0.25, -0.2) is 4.98 Å². The van der Waals surface area contributed by atoms with Crippen LogP contribution in [0.25, 0.3) is 38.8 Å². The Labute approximate surface area is 457 Å². The molecule has 0 saturated heterocycles. The molecule has 10 aromatic rings. The van der Waals surface area contributed by atoms with E-state index in [2.05, 4.69) is 298 Å². The monoisotopic (exact) mass is 1010 g/mol. The standard InChI is InChI=1S/C72H74N4O/c1-68(2,3)52-33-34-63-64(42-52)75(56-38-49(48-25-17-14-18-26-48)37-54(39-56)71(10,11)50-27-19-15-20-28-50)47-74(63)57-40-55(72(12,13)51-29-21-16-22-30-51)41-58(44-57)77-59-45-61(70(7,8)9)67-60-31-23-24-32-62(60)76(65(67)46-59)66-43-53(35-36-73-66)69(4,5)6/h14-46H,47H2,1-13H3. The number of ether oxygens (including phenoxy) is 1. The maximum Gasteiger partial charge on any atom is 0.137 e. The molecule has 5 heteroatoms. The van der Waals surface area contributed by atoms with Gasteiger partial charge in [-0.3, -0.25) is 4.57 Å². The van der Waals surface area contributed by atoms with Gasteiger partial charge in [-0.05, 0) is 127 Å². The minimum atomic E-state index is -0.369. The lowest BCUT2D eigenvalue weighted by Gasteiger charge is -2.30. The van der Waals surface area contributed by atoms with E-state index in [0.29, 0.717) is 6.67 Å². The molecule has 77 heavy (non-hydrogen) atoms. The molecular formula is C72H74N4O. The molecule has 0 radical (unpaired) electrons. The smallest absolute Gasteiger partial charge is 0.137 e. The van der Waals surface area contributed by atoms with Crippen molar-refractivity contribution >= 4 is 44.6 Å². The number of aromatic nitrogens is 2. The Bertz CT molecular complexity index is 3810. The zero-order valence-corrected chi connectivity index (χ0v) is 47.5. The fourth-order valence-electron chi connectivity index (χ4n) is 11.4. The van der Waals surface area contributed by atoms with E-state index >= 15 is 0 Å². The molecule has 0 aliphatic carbocycles. The van der Waals surface area contributed by atoms with Gasteiger partial charge < -0.3 is 14.5 Å². The number of hydrogen-bond acceptors (Lipinski definition) is 4. The molecule has 1 aliphatic heterocycles. The van der Waals surface area contributed by atoms with Gasteiger partial charge in [-0.2, -0.15) is 0 Å². The molecule has 5 nitrogen and oxygen atoms in total. The topological polar surface area (TPSA) is 33.5 Å². The van der Waals surface area contributed by atoms with Crippen LogP contribution in [0.3, 0.4) is 0 Å². The molecule has 0 N–H and O–H groups in total. The second-order valence-electron chi connectivity index (χ2n) is 25.5. The minimum Gasteiger partial charge on any atom is -0.457 e. The molecule has 11 rings (SSSR count). The van der Waals surface area contributed by atoms with E-state index in [1.165, 1.54) is 61.0 Å². The summed E-state index contributed by atoms with van der Waals surface area (Å²) in [6.07, 6.45) is 1.95. The van der Waals surface area contributed by atoms with Crippen LogP contribution >= 0.6 is 0 Å². The normalized spacial score (nSPS) is 13.4. The Balaban J connectivity index is 1.10. The molecule has 1 aliphatic rings. The predicted molar refractivity (Wildman–Crippen MR) is 326 cm³/mol. The summed E-state index contributed by atoms with van der Waals surface area (Å²) in [5.41, 5.74) is 16.8. The van der Waals surface area contributed by atoms with Gasteiger partial charge in [-0.15, -0.1) is 0 Å².